The van der Waals surface area contributed by atoms with E-state index in [1.54, 1.807) is 6.92 Å². The summed E-state index contributed by atoms with van der Waals surface area (Å²) >= 11 is 0. The molecule has 0 spiro atoms. The number of benzene rings is 1. The van der Waals surface area contributed by atoms with Gasteiger partial charge >= 0.3 is 0 Å². The fraction of sp³-hybridized carbons (Fsp3) is 0.588. The zero-order valence-corrected chi connectivity index (χ0v) is 15.7. The molecule has 0 bridgehead atoms. The molecule has 136 valence electrons. The molecule has 0 aromatic heterocycles. The fourth-order valence-corrected chi connectivity index (χ4v) is 2.74. The summed E-state index contributed by atoms with van der Waals surface area (Å²) in [4.78, 5) is 4.61. The normalized spacial score (nSPS) is 13.5. The van der Waals surface area contributed by atoms with Crippen LogP contribution < -0.4 is 15.4 Å². The van der Waals surface area contributed by atoms with Gasteiger partial charge in [-0.1, -0.05) is 37.3 Å². The highest BCUT2D eigenvalue weighted by atomic mass is 32.2. The Morgan fingerprint density at radius 2 is 1.83 bits per heavy atom. The van der Waals surface area contributed by atoms with Crippen molar-refractivity contribution >= 4 is 16.0 Å². The van der Waals surface area contributed by atoms with Crippen LogP contribution in [0.4, 0.5) is 0 Å². The van der Waals surface area contributed by atoms with Crippen molar-refractivity contribution in [1.29, 1.82) is 0 Å². The molecule has 6 nitrogen and oxygen atoms in total. The van der Waals surface area contributed by atoms with Crippen molar-refractivity contribution in [2.75, 3.05) is 31.9 Å². The molecule has 1 rings (SSSR count). The van der Waals surface area contributed by atoms with E-state index in [-0.39, 0.29) is 5.75 Å². The Morgan fingerprint density at radius 1 is 1.12 bits per heavy atom. The number of nitrogens with one attached hydrogen (secondary N) is 3. The van der Waals surface area contributed by atoms with Crippen molar-refractivity contribution in [2.24, 2.45) is 4.99 Å². The Morgan fingerprint density at radius 3 is 2.46 bits per heavy atom. The number of guanidine groups is 1. The van der Waals surface area contributed by atoms with Gasteiger partial charge in [-0.25, -0.2) is 13.1 Å². The first-order chi connectivity index (χ1) is 11.5. The molecule has 3 N–H and O–H groups in total. The van der Waals surface area contributed by atoms with Gasteiger partial charge in [0.05, 0.1) is 5.75 Å². The third-order valence-electron chi connectivity index (χ3n) is 3.58. The van der Waals surface area contributed by atoms with Crippen molar-refractivity contribution in [2.45, 2.75) is 33.1 Å². The van der Waals surface area contributed by atoms with Gasteiger partial charge in [0, 0.05) is 32.1 Å². The number of sulfonamides is 1. The lowest BCUT2D eigenvalue weighted by atomic mass is 10.0. The maximum absolute atomic E-state index is 11.3. The van der Waals surface area contributed by atoms with Gasteiger partial charge in [0.1, 0.15) is 0 Å². The second-order valence-corrected chi connectivity index (χ2v) is 7.70. The van der Waals surface area contributed by atoms with Crippen LogP contribution in [0, 0.1) is 0 Å². The standard InChI is InChI=1S/C17H30N4O2S/c1-4-18-17(19-12-9-13-21-24(22,23)5-2)20-14-15(3)16-10-7-6-8-11-16/h6-8,10-11,15,21H,4-5,9,12-14H2,1-3H3,(H2,18,19,20). The van der Waals surface area contributed by atoms with Crippen LogP contribution in [0.5, 0.6) is 0 Å². The molecule has 1 atom stereocenters. The van der Waals surface area contributed by atoms with E-state index in [1.807, 2.05) is 25.1 Å². The van der Waals surface area contributed by atoms with Gasteiger partial charge in [-0.05, 0) is 25.8 Å². The van der Waals surface area contributed by atoms with E-state index in [4.69, 9.17) is 0 Å². The first kappa shape index (κ1) is 20.4. The van der Waals surface area contributed by atoms with Gasteiger partial charge in [-0.3, -0.25) is 4.99 Å². The summed E-state index contributed by atoms with van der Waals surface area (Å²) in [5.41, 5.74) is 1.27. The van der Waals surface area contributed by atoms with Gasteiger partial charge in [-0.2, -0.15) is 0 Å². The minimum Gasteiger partial charge on any atom is -0.357 e. The number of aliphatic imine (C=N–C) groups is 1. The summed E-state index contributed by atoms with van der Waals surface area (Å²) in [5.74, 6) is 1.22. The molecule has 0 amide bonds. The summed E-state index contributed by atoms with van der Waals surface area (Å²) < 4.78 is 25.2. The van der Waals surface area contributed by atoms with Crippen LogP contribution in [0.3, 0.4) is 0 Å². The summed E-state index contributed by atoms with van der Waals surface area (Å²) in [6, 6.07) is 10.3. The van der Waals surface area contributed by atoms with Crippen molar-refractivity contribution in [1.82, 2.24) is 15.4 Å². The highest BCUT2D eigenvalue weighted by Crippen LogP contribution is 2.14. The predicted molar refractivity (Wildman–Crippen MR) is 101 cm³/mol. The van der Waals surface area contributed by atoms with Gasteiger partial charge in [-0.15, -0.1) is 0 Å². The monoisotopic (exact) mass is 354 g/mol. The largest absolute Gasteiger partial charge is 0.357 e. The molecule has 0 aliphatic heterocycles. The van der Waals surface area contributed by atoms with Crippen LogP contribution in [0.25, 0.3) is 0 Å². The lowest BCUT2D eigenvalue weighted by molar-refractivity contribution is 0.579. The smallest absolute Gasteiger partial charge is 0.211 e. The molecule has 24 heavy (non-hydrogen) atoms. The fourth-order valence-electron chi connectivity index (χ4n) is 2.08. The third-order valence-corrected chi connectivity index (χ3v) is 4.99. The molecule has 1 unspecified atom stereocenters. The maximum atomic E-state index is 11.3. The first-order valence-corrected chi connectivity index (χ1v) is 10.2. The zero-order chi connectivity index (χ0) is 17.8. The Bertz CT molecular complexity index is 588. The molecule has 0 fully saturated rings. The molecule has 0 radical (unpaired) electrons. The van der Waals surface area contributed by atoms with E-state index in [9.17, 15) is 8.42 Å². The SMILES string of the molecule is CCNC(=NCC(C)c1ccccc1)NCCCNS(=O)(=O)CC. The second-order valence-electron chi connectivity index (χ2n) is 5.61. The number of nitrogens with zero attached hydrogens (tertiary/aromatic N) is 1. The van der Waals surface area contributed by atoms with Gasteiger partial charge in [0.25, 0.3) is 0 Å². The Balaban J connectivity index is 2.40. The summed E-state index contributed by atoms with van der Waals surface area (Å²) in [7, 11) is -3.11. The van der Waals surface area contributed by atoms with Gasteiger partial charge in [0.2, 0.25) is 10.0 Å². The van der Waals surface area contributed by atoms with Gasteiger partial charge < -0.3 is 10.6 Å². The van der Waals surface area contributed by atoms with E-state index < -0.39 is 10.0 Å². The average molecular weight is 355 g/mol. The summed E-state index contributed by atoms with van der Waals surface area (Å²) in [6.07, 6.45) is 0.706. The molecule has 0 saturated heterocycles. The number of rotatable bonds is 10. The van der Waals surface area contributed by atoms with Crippen molar-refractivity contribution in [3.05, 3.63) is 35.9 Å². The second kappa shape index (κ2) is 11.0. The lowest BCUT2D eigenvalue weighted by Gasteiger charge is -2.14. The Hall–Kier alpha value is -1.60. The van der Waals surface area contributed by atoms with Crippen molar-refractivity contribution in [3.8, 4) is 0 Å². The topological polar surface area (TPSA) is 82.6 Å². The minimum absolute atomic E-state index is 0.113. The van der Waals surface area contributed by atoms with Crippen molar-refractivity contribution in [3.63, 3.8) is 0 Å². The molecule has 0 aliphatic carbocycles. The highest BCUT2D eigenvalue weighted by Gasteiger charge is 2.06. The molecule has 0 aliphatic rings. The lowest BCUT2D eigenvalue weighted by Crippen LogP contribution is -2.39. The van der Waals surface area contributed by atoms with E-state index in [1.165, 1.54) is 5.56 Å². The average Bonchev–Trinajstić information content (AvgIpc) is 2.59. The van der Waals surface area contributed by atoms with Crippen LogP contribution in [0.1, 0.15) is 38.7 Å². The first-order valence-electron chi connectivity index (χ1n) is 8.53. The molecule has 1 aromatic carbocycles. The van der Waals surface area contributed by atoms with Crippen LogP contribution in [0.15, 0.2) is 35.3 Å². The predicted octanol–water partition coefficient (Wildman–Crippen LogP) is 1.67. The molecular formula is C17H30N4O2S. The van der Waals surface area contributed by atoms with Gasteiger partial charge in [0.15, 0.2) is 5.96 Å². The molecule has 1 aromatic rings. The Kier molecular flexibility index (Phi) is 9.41. The molecule has 0 saturated carbocycles. The number of hydrogen-bond donors (Lipinski definition) is 3. The zero-order valence-electron chi connectivity index (χ0n) is 14.9. The van der Waals surface area contributed by atoms with Crippen molar-refractivity contribution < 1.29 is 8.42 Å². The van der Waals surface area contributed by atoms with Crippen LogP contribution in [-0.4, -0.2) is 46.3 Å². The third kappa shape index (κ3) is 8.31. The molecule has 7 heteroatoms. The summed E-state index contributed by atoms with van der Waals surface area (Å²) in [5, 5.41) is 6.44. The highest BCUT2D eigenvalue weighted by molar-refractivity contribution is 7.89. The minimum atomic E-state index is -3.11. The van der Waals surface area contributed by atoms with E-state index in [0.29, 0.717) is 32.0 Å². The van der Waals surface area contributed by atoms with E-state index >= 15 is 0 Å². The quantitative estimate of drug-likeness (QED) is 0.339. The summed E-state index contributed by atoms with van der Waals surface area (Å²) in [6.45, 7) is 8.39. The maximum Gasteiger partial charge on any atom is 0.211 e. The van der Waals surface area contributed by atoms with E-state index in [0.717, 1.165) is 12.5 Å². The van der Waals surface area contributed by atoms with E-state index in [2.05, 4.69) is 39.4 Å². The number of hydrogen-bond acceptors (Lipinski definition) is 3. The van der Waals surface area contributed by atoms with Crippen LogP contribution in [0.2, 0.25) is 0 Å². The molecular weight excluding hydrogens is 324 g/mol. The molecule has 0 heterocycles. The van der Waals surface area contributed by atoms with Crippen LogP contribution in [-0.2, 0) is 10.0 Å². The Labute approximate surface area is 146 Å². The van der Waals surface area contributed by atoms with Crippen LogP contribution >= 0.6 is 0 Å².